The van der Waals surface area contributed by atoms with E-state index in [0.29, 0.717) is 15.8 Å². The molecule has 0 aliphatic rings. The van der Waals surface area contributed by atoms with Gasteiger partial charge in [-0.15, -0.1) is 0 Å². The first-order valence-electron chi connectivity index (χ1n) is 5.29. The van der Waals surface area contributed by atoms with Gasteiger partial charge in [-0.25, -0.2) is 4.39 Å². The summed E-state index contributed by atoms with van der Waals surface area (Å²) in [5, 5.41) is 2.59. The van der Waals surface area contributed by atoms with Crippen molar-refractivity contribution in [2.24, 2.45) is 0 Å². The number of nitrogen functional groups attached to an aromatic ring is 1. The topological polar surface area (TPSA) is 55.1 Å². The van der Waals surface area contributed by atoms with Gasteiger partial charge in [-0.05, 0) is 40.2 Å². The van der Waals surface area contributed by atoms with Crippen molar-refractivity contribution in [1.82, 2.24) is 0 Å². The first kappa shape index (κ1) is 14.0. The Balaban J connectivity index is 2.32. The number of hydrogen-bond donors (Lipinski definition) is 2. The average Bonchev–Trinajstić information content (AvgIpc) is 2.34. The molecule has 3 nitrogen and oxygen atoms in total. The molecule has 2 rings (SSSR count). The number of rotatable bonds is 2. The number of hydrogen-bond acceptors (Lipinski definition) is 2. The summed E-state index contributed by atoms with van der Waals surface area (Å²) in [6, 6.07) is 9.16. The van der Waals surface area contributed by atoms with Gasteiger partial charge in [0.25, 0.3) is 5.91 Å². The normalized spacial score (nSPS) is 10.3. The van der Waals surface area contributed by atoms with Crippen molar-refractivity contribution in [3.63, 3.8) is 0 Å². The molecule has 0 unspecified atom stereocenters. The highest BCUT2D eigenvalue weighted by Crippen LogP contribution is 2.32. The van der Waals surface area contributed by atoms with Crippen LogP contribution in [0.4, 0.5) is 15.8 Å². The average molecular weight is 388 g/mol. The van der Waals surface area contributed by atoms with Crippen LogP contribution in [0.25, 0.3) is 0 Å². The fraction of sp³-hybridized carbons (Fsp3) is 0. The van der Waals surface area contributed by atoms with Crippen molar-refractivity contribution in [2.75, 3.05) is 11.1 Å². The Morgan fingerprint density at radius 1 is 1.21 bits per heavy atom. The first-order chi connectivity index (χ1) is 8.99. The molecule has 98 valence electrons. The maximum atomic E-state index is 13.5. The monoisotopic (exact) mass is 386 g/mol. The highest BCUT2D eigenvalue weighted by molar-refractivity contribution is 9.11. The predicted octanol–water partition coefficient (Wildman–Crippen LogP) is 4.19. The Morgan fingerprint density at radius 2 is 1.89 bits per heavy atom. The van der Waals surface area contributed by atoms with Crippen LogP contribution in [0, 0.1) is 5.82 Å². The summed E-state index contributed by atoms with van der Waals surface area (Å²) in [6.45, 7) is 0. The second-order valence-electron chi connectivity index (χ2n) is 3.79. The van der Waals surface area contributed by atoms with Crippen molar-refractivity contribution < 1.29 is 9.18 Å². The zero-order valence-electron chi connectivity index (χ0n) is 9.58. The molecule has 2 aromatic carbocycles. The van der Waals surface area contributed by atoms with Crippen LogP contribution < -0.4 is 11.1 Å². The number of anilines is 2. The van der Waals surface area contributed by atoms with Gasteiger partial charge in [-0.2, -0.15) is 0 Å². The summed E-state index contributed by atoms with van der Waals surface area (Å²) in [5.41, 5.74) is 6.58. The Hall–Kier alpha value is -1.40. The largest absolute Gasteiger partial charge is 0.397 e. The van der Waals surface area contributed by atoms with E-state index in [4.69, 9.17) is 5.73 Å². The van der Waals surface area contributed by atoms with E-state index in [9.17, 15) is 9.18 Å². The van der Waals surface area contributed by atoms with Gasteiger partial charge in [0.1, 0.15) is 5.82 Å². The lowest BCUT2D eigenvalue weighted by Crippen LogP contribution is -2.15. The molecule has 0 saturated heterocycles. The van der Waals surface area contributed by atoms with Gasteiger partial charge in [-0.3, -0.25) is 4.79 Å². The van der Waals surface area contributed by atoms with E-state index in [1.165, 1.54) is 18.2 Å². The Labute approximate surface area is 126 Å². The van der Waals surface area contributed by atoms with Crippen molar-refractivity contribution in [2.45, 2.75) is 0 Å². The number of carbonyl (C=O) groups is 1. The van der Waals surface area contributed by atoms with E-state index in [2.05, 4.69) is 37.2 Å². The summed E-state index contributed by atoms with van der Waals surface area (Å²) in [6.07, 6.45) is 0. The minimum absolute atomic E-state index is 0.0308. The SMILES string of the molecule is Nc1cc(Br)cc(Br)c1NC(=O)c1ccccc1F. The van der Waals surface area contributed by atoms with Crippen molar-refractivity contribution in [3.8, 4) is 0 Å². The molecule has 2 aromatic rings. The molecule has 0 aliphatic heterocycles. The smallest absolute Gasteiger partial charge is 0.258 e. The molecule has 6 heteroatoms. The first-order valence-corrected chi connectivity index (χ1v) is 6.88. The van der Waals surface area contributed by atoms with Crippen LogP contribution in [0.1, 0.15) is 10.4 Å². The van der Waals surface area contributed by atoms with Crippen LogP contribution in [0.2, 0.25) is 0 Å². The van der Waals surface area contributed by atoms with Crippen LogP contribution >= 0.6 is 31.9 Å². The molecular formula is C13H9Br2FN2O. The van der Waals surface area contributed by atoms with Crippen molar-refractivity contribution in [3.05, 3.63) is 56.7 Å². The van der Waals surface area contributed by atoms with Gasteiger partial charge in [-0.1, -0.05) is 28.1 Å². The Morgan fingerprint density at radius 3 is 2.53 bits per heavy atom. The van der Waals surface area contributed by atoms with Crippen molar-refractivity contribution >= 4 is 49.1 Å². The molecule has 0 aliphatic carbocycles. The van der Waals surface area contributed by atoms with Gasteiger partial charge in [0, 0.05) is 8.95 Å². The molecule has 1 amide bonds. The highest BCUT2D eigenvalue weighted by Gasteiger charge is 2.14. The minimum atomic E-state index is -0.577. The lowest BCUT2D eigenvalue weighted by atomic mass is 10.2. The molecule has 0 fully saturated rings. The minimum Gasteiger partial charge on any atom is -0.397 e. The summed E-state index contributed by atoms with van der Waals surface area (Å²) in [7, 11) is 0. The molecule has 0 atom stereocenters. The number of benzene rings is 2. The molecule has 0 heterocycles. The number of halogens is 3. The maximum Gasteiger partial charge on any atom is 0.258 e. The third kappa shape index (κ3) is 3.13. The second kappa shape index (κ2) is 5.71. The van der Waals surface area contributed by atoms with E-state index in [1.807, 2.05) is 0 Å². The fourth-order valence-corrected chi connectivity index (χ4v) is 2.91. The van der Waals surface area contributed by atoms with Gasteiger partial charge in [0.15, 0.2) is 0 Å². The molecular weight excluding hydrogens is 379 g/mol. The van der Waals surface area contributed by atoms with Crippen molar-refractivity contribution in [1.29, 1.82) is 0 Å². The summed E-state index contributed by atoms with van der Waals surface area (Å²) in [4.78, 5) is 12.0. The molecule has 19 heavy (non-hydrogen) atoms. The molecule has 0 radical (unpaired) electrons. The summed E-state index contributed by atoms with van der Waals surface area (Å²) >= 11 is 6.59. The third-order valence-electron chi connectivity index (χ3n) is 2.44. The van der Waals surface area contributed by atoms with Crippen LogP contribution in [-0.4, -0.2) is 5.91 Å². The van der Waals surface area contributed by atoms with E-state index < -0.39 is 11.7 Å². The van der Waals surface area contributed by atoms with Gasteiger partial charge in [0.05, 0.1) is 16.9 Å². The molecule has 0 spiro atoms. The standard InChI is InChI=1S/C13H9Br2FN2O/c14-7-5-9(15)12(11(17)6-7)18-13(19)8-3-1-2-4-10(8)16/h1-6H,17H2,(H,18,19). The van der Waals surface area contributed by atoms with Gasteiger partial charge >= 0.3 is 0 Å². The summed E-state index contributed by atoms with van der Waals surface area (Å²) < 4.78 is 14.9. The number of amides is 1. The zero-order valence-corrected chi connectivity index (χ0v) is 12.8. The second-order valence-corrected chi connectivity index (χ2v) is 5.56. The number of nitrogens with two attached hydrogens (primary N) is 1. The Kier molecular flexibility index (Phi) is 4.21. The fourth-order valence-electron chi connectivity index (χ4n) is 1.55. The zero-order chi connectivity index (χ0) is 14.0. The quantitative estimate of drug-likeness (QED) is 0.759. The van der Waals surface area contributed by atoms with E-state index >= 15 is 0 Å². The molecule has 0 aromatic heterocycles. The highest BCUT2D eigenvalue weighted by atomic mass is 79.9. The van der Waals surface area contributed by atoms with E-state index in [1.54, 1.807) is 18.2 Å². The molecule has 3 N–H and O–H groups in total. The van der Waals surface area contributed by atoms with E-state index in [0.717, 1.165) is 4.47 Å². The lowest BCUT2D eigenvalue weighted by molar-refractivity contribution is 0.102. The van der Waals surface area contributed by atoms with Gasteiger partial charge < -0.3 is 11.1 Å². The Bertz CT molecular complexity index is 623. The van der Waals surface area contributed by atoms with Crippen LogP contribution in [0.15, 0.2) is 45.3 Å². The van der Waals surface area contributed by atoms with Crippen LogP contribution in [0.5, 0.6) is 0 Å². The third-order valence-corrected chi connectivity index (χ3v) is 3.53. The van der Waals surface area contributed by atoms with E-state index in [-0.39, 0.29) is 5.56 Å². The molecule has 0 bridgehead atoms. The number of carbonyl (C=O) groups excluding carboxylic acids is 1. The lowest BCUT2D eigenvalue weighted by Gasteiger charge is -2.11. The maximum absolute atomic E-state index is 13.5. The summed E-state index contributed by atoms with van der Waals surface area (Å²) in [5.74, 6) is -1.13. The van der Waals surface area contributed by atoms with Gasteiger partial charge in [0.2, 0.25) is 0 Å². The number of nitrogens with one attached hydrogen (secondary N) is 1. The molecule has 0 saturated carbocycles. The van der Waals surface area contributed by atoms with Crippen LogP contribution in [-0.2, 0) is 0 Å². The van der Waals surface area contributed by atoms with Crippen LogP contribution in [0.3, 0.4) is 0 Å². The predicted molar refractivity (Wildman–Crippen MR) is 80.6 cm³/mol.